The molecule has 22 heavy (non-hydrogen) atoms. The largest absolute Gasteiger partial charge is 0.465 e. The zero-order valence-corrected chi connectivity index (χ0v) is 15.4. The van der Waals surface area contributed by atoms with E-state index in [0.717, 1.165) is 12.5 Å². The zero-order valence-electron chi connectivity index (χ0n) is 13.7. The summed E-state index contributed by atoms with van der Waals surface area (Å²) in [6, 6.07) is 8.12. The van der Waals surface area contributed by atoms with E-state index < -0.39 is 13.2 Å². The van der Waals surface area contributed by atoms with Crippen LogP contribution in [-0.4, -0.2) is 26.3 Å². The predicted octanol–water partition coefficient (Wildman–Crippen LogP) is 3.55. The van der Waals surface area contributed by atoms with Gasteiger partial charge in [-0.15, -0.1) is 17.1 Å². The molecule has 0 aromatic heterocycles. The smallest absolute Gasteiger partial charge is 0.339 e. The number of esters is 1. The fraction of sp³-hybridized carbons (Fsp3) is 0.471. The highest BCUT2D eigenvalue weighted by Crippen LogP contribution is 2.21. The summed E-state index contributed by atoms with van der Waals surface area (Å²) in [7, 11) is -0.746. The van der Waals surface area contributed by atoms with Crippen molar-refractivity contribution in [3.05, 3.63) is 35.4 Å². The summed E-state index contributed by atoms with van der Waals surface area (Å²) in [6.07, 6.45) is 1.05. The van der Waals surface area contributed by atoms with Gasteiger partial charge in [-0.25, -0.2) is 4.79 Å². The highest BCUT2D eigenvalue weighted by Gasteiger charge is 2.31. The number of ether oxygens (including phenoxy) is 1. The van der Waals surface area contributed by atoms with Gasteiger partial charge in [0.1, 0.15) is 0 Å². The number of alkyl halides is 1. The van der Waals surface area contributed by atoms with E-state index in [2.05, 4.69) is 31.9 Å². The Bertz CT molecular complexity index is 578. The molecule has 2 N–H and O–H groups in total. The van der Waals surface area contributed by atoms with Gasteiger partial charge in [-0.2, -0.15) is 0 Å². The van der Waals surface area contributed by atoms with E-state index in [-0.39, 0.29) is 5.97 Å². The Hall–Kier alpha value is -1.28. The van der Waals surface area contributed by atoms with Crippen molar-refractivity contribution < 1.29 is 9.53 Å². The monoisotopic (exact) mass is 337 g/mol. The number of rotatable bonds is 5. The molecule has 1 aromatic carbocycles. The van der Waals surface area contributed by atoms with Gasteiger partial charge >= 0.3 is 5.97 Å². The fourth-order valence-corrected chi connectivity index (χ4v) is 4.57. The third-order valence-corrected chi connectivity index (χ3v) is 8.35. The molecule has 0 saturated carbocycles. The number of nitrogens with two attached hydrogens (primary N) is 1. The molecule has 3 nitrogen and oxygen atoms in total. The summed E-state index contributed by atoms with van der Waals surface area (Å²) < 4.78 is 4.79. The minimum Gasteiger partial charge on any atom is -0.465 e. The van der Waals surface area contributed by atoms with Crippen molar-refractivity contribution in [2.45, 2.75) is 38.0 Å². The normalized spacial score (nSPS) is 14.7. The Morgan fingerprint density at radius 2 is 2.05 bits per heavy atom. The van der Waals surface area contributed by atoms with Crippen molar-refractivity contribution in [2.24, 2.45) is 11.7 Å². The third kappa shape index (κ3) is 5.17. The molecule has 0 spiro atoms. The molecule has 2 unspecified atom stereocenters. The van der Waals surface area contributed by atoms with Crippen molar-refractivity contribution in [3.8, 4) is 11.5 Å². The third-order valence-electron chi connectivity index (χ3n) is 3.66. The van der Waals surface area contributed by atoms with E-state index >= 15 is 0 Å². The molecule has 0 aliphatic carbocycles. The first-order chi connectivity index (χ1) is 10.3. The summed E-state index contributed by atoms with van der Waals surface area (Å²) in [6.45, 7) is 6.45. The number of carbonyl (C=O) groups is 1. The summed E-state index contributed by atoms with van der Waals surface area (Å²) in [4.78, 5) is 11.8. The molecule has 1 aromatic rings. The van der Waals surface area contributed by atoms with E-state index in [4.69, 9.17) is 22.1 Å². The molecule has 5 heteroatoms. The van der Waals surface area contributed by atoms with Gasteiger partial charge in [-0.05, 0) is 24.1 Å². The highest BCUT2D eigenvalue weighted by molar-refractivity contribution is 6.92. The number of carbonyl (C=O) groups excluding carboxylic acids is 1. The number of benzene rings is 1. The van der Waals surface area contributed by atoms with E-state index in [1.807, 2.05) is 12.1 Å². The lowest BCUT2D eigenvalue weighted by atomic mass is 10.1. The van der Waals surface area contributed by atoms with Crippen LogP contribution in [-0.2, 0) is 4.74 Å². The molecule has 0 aliphatic heterocycles. The second kappa shape index (κ2) is 8.38. The van der Waals surface area contributed by atoms with Gasteiger partial charge in [0.2, 0.25) is 0 Å². The maximum Gasteiger partial charge on any atom is 0.339 e. The van der Waals surface area contributed by atoms with E-state index in [0.29, 0.717) is 17.0 Å². The number of hydrogen-bond acceptors (Lipinski definition) is 3. The Kier molecular flexibility index (Phi) is 7.14. The number of methoxy groups -OCH3 is 1. The molecule has 0 fully saturated rings. The molecule has 0 aliphatic rings. The molecule has 0 bridgehead atoms. The molecular weight excluding hydrogens is 314 g/mol. The van der Waals surface area contributed by atoms with Crippen LogP contribution in [0.1, 0.15) is 36.2 Å². The van der Waals surface area contributed by atoms with Gasteiger partial charge in [-0.3, -0.25) is 0 Å². The summed E-state index contributed by atoms with van der Waals surface area (Å²) in [5.41, 5.74) is 10.4. The van der Waals surface area contributed by atoms with Gasteiger partial charge in [0, 0.05) is 5.56 Å². The van der Waals surface area contributed by atoms with Crippen molar-refractivity contribution in [2.75, 3.05) is 7.11 Å². The molecular formula is C17H24ClNO2Si. The van der Waals surface area contributed by atoms with Crippen LogP contribution in [0.15, 0.2) is 24.3 Å². The lowest BCUT2D eigenvalue weighted by molar-refractivity contribution is 0.0600. The first-order valence-electron chi connectivity index (χ1n) is 7.40. The Morgan fingerprint density at radius 1 is 1.41 bits per heavy atom. The van der Waals surface area contributed by atoms with Gasteiger partial charge < -0.3 is 10.5 Å². The molecule has 1 rings (SSSR count). The van der Waals surface area contributed by atoms with Crippen LogP contribution in [0.2, 0.25) is 12.6 Å². The number of halogens is 1. The summed E-state index contributed by atoms with van der Waals surface area (Å²) in [5.74, 6) is 3.33. The first-order valence-corrected chi connectivity index (χ1v) is 10.6. The van der Waals surface area contributed by atoms with Gasteiger partial charge in [0.15, 0.2) is 8.07 Å². The van der Waals surface area contributed by atoms with Crippen molar-refractivity contribution >= 4 is 25.6 Å². The quantitative estimate of drug-likeness (QED) is 0.294. The fourth-order valence-electron chi connectivity index (χ4n) is 1.95. The molecule has 120 valence electrons. The Morgan fingerprint density at radius 3 is 2.59 bits per heavy atom. The Balaban J connectivity index is 3.11. The topological polar surface area (TPSA) is 52.3 Å². The van der Waals surface area contributed by atoms with Crippen LogP contribution in [0, 0.1) is 17.4 Å². The van der Waals surface area contributed by atoms with Crippen molar-refractivity contribution in [3.63, 3.8) is 0 Å². The van der Waals surface area contributed by atoms with E-state index in [9.17, 15) is 4.79 Å². The molecule has 0 amide bonds. The lowest BCUT2D eigenvalue weighted by Gasteiger charge is -2.24. The summed E-state index contributed by atoms with van der Waals surface area (Å²) in [5, 5.41) is -0.427. The molecule has 0 heterocycles. The maximum atomic E-state index is 11.8. The molecule has 2 atom stereocenters. The molecule has 0 radical (unpaired) electrons. The standard InChI is InChI=1S/C17H24ClNO2Si/c1-13(2)9-11-22(4,17(18)19)12-10-14-7-5-6-8-15(14)16(20)21-3/h5-8,13,17H,9,11,19H2,1-4H3. The predicted molar refractivity (Wildman–Crippen MR) is 94.4 cm³/mol. The minimum absolute atomic E-state index is 0.384. The van der Waals surface area contributed by atoms with Crippen LogP contribution in [0.25, 0.3) is 0 Å². The maximum absolute atomic E-state index is 11.8. The van der Waals surface area contributed by atoms with E-state index in [1.54, 1.807) is 12.1 Å². The lowest BCUT2D eigenvalue weighted by Crippen LogP contribution is -2.46. The van der Waals surface area contributed by atoms with Crippen molar-refractivity contribution in [1.82, 2.24) is 0 Å². The summed E-state index contributed by atoms with van der Waals surface area (Å²) >= 11 is 6.21. The van der Waals surface area contributed by atoms with E-state index in [1.165, 1.54) is 7.11 Å². The van der Waals surface area contributed by atoms with Crippen LogP contribution in [0.3, 0.4) is 0 Å². The molecule has 0 saturated heterocycles. The number of hydrogen-bond donors (Lipinski definition) is 1. The van der Waals surface area contributed by atoms with Gasteiger partial charge in [0.25, 0.3) is 0 Å². The first kappa shape index (κ1) is 18.8. The second-order valence-electron chi connectivity index (χ2n) is 6.04. The van der Waals surface area contributed by atoms with Gasteiger partial charge in [0.05, 0.1) is 17.8 Å². The second-order valence-corrected chi connectivity index (χ2v) is 11.1. The minimum atomic E-state index is -2.11. The van der Waals surface area contributed by atoms with Crippen LogP contribution in [0.4, 0.5) is 0 Å². The highest BCUT2D eigenvalue weighted by atomic mass is 35.5. The average molecular weight is 338 g/mol. The SMILES string of the molecule is COC(=O)c1ccccc1C#C[Si](C)(CCC(C)C)C(N)Cl. The average Bonchev–Trinajstić information content (AvgIpc) is 2.50. The van der Waals surface area contributed by atoms with Gasteiger partial charge in [-0.1, -0.05) is 44.9 Å². The zero-order chi connectivity index (χ0) is 16.8. The van der Waals surface area contributed by atoms with Crippen LogP contribution in [0.5, 0.6) is 0 Å². The van der Waals surface area contributed by atoms with Crippen molar-refractivity contribution in [1.29, 1.82) is 0 Å². The van der Waals surface area contributed by atoms with Crippen LogP contribution < -0.4 is 5.73 Å². The Labute approximate surface area is 139 Å². The van der Waals surface area contributed by atoms with Crippen LogP contribution >= 0.6 is 11.6 Å².